The van der Waals surface area contributed by atoms with E-state index < -0.39 is 5.41 Å². The molecular weight excluding hydrogens is 366 g/mol. The third kappa shape index (κ3) is 3.81. The maximum atomic E-state index is 13.7. The first-order chi connectivity index (χ1) is 14.0. The minimum atomic E-state index is -0.482. The van der Waals surface area contributed by atoms with E-state index in [9.17, 15) is 9.59 Å². The number of amides is 2. The molecule has 0 radical (unpaired) electrons. The van der Waals surface area contributed by atoms with Crippen LogP contribution in [-0.4, -0.2) is 65.3 Å². The van der Waals surface area contributed by atoms with E-state index in [1.54, 1.807) is 42.4 Å². The molecule has 0 saturated carbocycles. The number of anilines is 1. The number of aromatic nitrogens is 2. The summed E-state index contributed by atoms with van der Waals surface area (Å²) in [5.74, 6) is 0.754. The number of rotatable bonds is 3. The molecule has 3 heterocycles. The lowest BCUT2D eigenvalue weighted by Gasteiger charge is -2.42. The molecule has 29 heavy (non-hydrogen) atoms. The molecule has 0 aliphatic carbocycles. The van der Waals surface area contributed by atoms with E-state index >= 15 is 0 Å². The second kappa shape index (κ2) is 7.81. The predicted octanol–water partition coefficient (Wildman–Crippen LogP) is 1.74. The molecule has 2 aliphatic heterocycles. The number of likely N-dealkylation sites (N-methyl/N-ethyl adjacent to an activating group) is 1. The fourth-order valence-electron chi connectivity index (χ4n) is 4.35. The van der Waals surface area contributed by atoms with Crippen LogP contribution in [0.2, 0.25) is 0 Å². The molecule has 4 rings (SSSR count). The highest BCUT2D eigenvalue weighted by Gasteiger charge is 2.46. The summed E-state index contributed by atoms with van der Waals surface area (Å²) in [6, 6.07) is 10.0. The van der Waals surface area contributed by atoms with Crippen LogP contribution in [-0.2, 0) is 22.6 Å². The fourth-order valence-corrected chi connectivity index (χ4v) is 4.35. The van der Waals surface area contributed by atoms with Crippen LogP contribution >= 0.6 is 0 Å². The SMILES string of the molecule is CN(C)C(=O)CN1Cc2ccccc2CC2(CCN(c3ncccn3)CC2)C1=O. The molecule has 0 atom stereocenters. The van der Waals surface area contributed by atoms with Gasteiger partial charge in [-0.2, -0.15) is 0 Å². The van der Waals surface area contributed by atoms with Crippen molar-refractivity contribution in [3.05, 3.63) is 53.9 Å². The van der Waals surface area contributed by atoms with Gasteiger partial charge >= 0.3 is 0 Å². The molecule has 2 aliphatic rings. The maximum Gasteiger partial charge on any atom is 0.241 e. The van der Waals surface area contributed by atoms with Gasteiger partial charge in [-0.05, 0) is 36.5 Å². The number of carbonyl (C=O) groups excluding carboxylic acids is 2. The van der Waals surface area contributed by atoms with Crippen molar-refractivity contribution in [2.24, 2.45) is 5.41 Å². The molecule has 7 heteroatoms. The van der Waals surface area contributed by atoms with Crippen molar-refractivity contribution in [2.45, 2.75) is 25.8 Å². The van der Waals surface area contributed by atoms with Gasteiger partial charge in [0.1, 0.15) is 6.54 Å². The molecule has 1 aromatic carbocycles. The molecule has 2 amide bonds. The van der Waals surface area contributed by atoms with E-state index in [0.29, 0.717) is 12.5 Å². The van der Waals surface area contributed by atoms with E-state index in [1.807, 2.05) is 12.1 Å². The first-order valence-electron chi connectivity index (χ1n) is 10.1. The zero-order chi connectivity index (χ0) is 20.4. The van der Waals surface area contributed by atoms with E-state index in [1.165, 1.54) is 5.56 Å². The predicted molar refractivity (Wildman–Crippen MR) is 110 cm³/mol. The summed E-state index contributed by atoms with van der Waals surface area (Å²) in [5.41, 5.74) is 1.87. The smallest absolute Gasteiger partial charge is 0.241 e. The summed E-state index contributed by atoms with van der Waals surface area (Å²) in [6.07, 6.45) is 5.66. The first kappa shape index (κ1) is 19.4. The Balaban J connectivity index is 1.61. The second-order valence-electron chi connectivity index (χ2n) is 8.21. The van der Waals surface area contributed by atoms with Crippen molar-refractivity contribution >= 4 is 17.8 Å². The van der Waals surface area contributed by atoms with Gasteiger partial charge in [0.15, 0.2) is 0 Å². The number of nitrogens with zero attached hydrogens (tertiary/aromatic N) is 5. The molecule has 0 bridgehead atoms. The summed E-state index contributed by atoms with van der Waals surface area (Å²) in [5, 5.41) is 0. The van der Waals surface area contributed by atoms with E-state index in [-0.39, 0.29) is 18.4 Å². The molecule has 1 saturated heterocycles. The van der Waals surface area contributed by atoms with Crippen LogP contribution in [0.25, 0.3) is 0 Å². The van der Waals surface area contributed by atoms with Crippen molar-refractivity contribution in [2.75, 3.05) is 38.6 Å². The van der Waals surface area contributed by atoms with E-state index in [2.05, 4.69) is 27.0 Å². The third-order valence-corrected chi connectivity index (χ3v) is 6.13. The lowest BCUT2D eigenvalue weighted by atomic mass is 9.73. The van der Waals surface area contributed by atoms with Gasteiger partial charge in [-0.1, -0.05) is 24.3 Å². The Morgan fingerprint density at radius 1 is 1.07 bits per heavy atom. The van der Waals surface area contributed by atoms with Gasteiger partial charge in [0.2, 0.25) is 17.8 Å². The summed E-state index contributed by atoms with van der Waals surface area (Å²) >= 11 is 0. The summed E-state index contributed by atoms with van der Waals surface area (Å²) in [4.78, 5) is 40.2. The largest absolute Gasteiger partial charge is 0.347 e. The van der Waals surface area contributed by atoms with Gasteiger partial charge in [0.05, 0.1) is 5.41 Å². The number of hydrogen-bond donors (Lipinski definition) is 0. The summed E-state index contributed by atoms with van der Waals surface area (Å²) in [6.45, 7) is 2.07. The number of piperidine rings is 1. The fraction of sp³-hybridized carbons (Fsp3) is 0.455. The van der Waals surface area contributed by atoms with Crippen LogP contribution in [0.15, 0.2) is 42.7 Å². The van der Waals surface area contributed by atoms with Crippen LogP contribution in [0.1, 0.15) is 24.0 Å². The molecule has 1 fully saturated rings. The Labute approximate surface area is 171 Å². The second-order valence-corrected chi connectivity index (χ2v) is 8.21. The van der Waals surface area contributed by atoms with Crippen molar-refractivity contribution in [3.63, 3.8) is 0 Å². The highest BCUT2D eigenvalue weighted by Crippen LogP contribution is 2.41. The van der Waals surface area contributed by atoms with Gasteiger partial charge in [-0.15, -0.1) is 0 Å². The van der Waals surface area contributed by atoms with E-state index in [4.69, 9.17) is 0 Å². The molecule has 2 aromatic rings. The van der Waals surface area contributed by atoms with Crippen molar-refractivity contribution in [1.29, 1.82) is 0 Å². The standard InChI is InChI=1S/C22H27N5O2/c1-25(2)19(28)16-27-15-18-7-4-3-6-17(18)14-22(20(27)29)8-12-26(13-9-22)21-23-10-5-11-24-21/h3-7,10-11H,8-9,12-16H2,1-2H3. The molecule has 7 nitrogen and oxygen atoms in total. The van der Waals surface area contributed by atoms with Crippen LogP contribution in [0, 0.1) is 5.41 Å². The molecule has 152 valence electrons. The van der Waals surface area contributed by atoms with Crippen molar-refractivity contribution in [3.8, 4) is 0 Å². The van der Waals surface area contributed by atoms with Crippen LogP contribution in [0.5, 0.6) is 0 Å². The quantitative estimate of drug-likeness (QED) is 0.794. The monoisotopic (exact) mass is 393 g/mol. The topological polar surface area (TPSA) is 69.6 Å². The normalized spacial score (nSPS) is 18.3. The minimum Gasteiger partial charge on any atom is -0.347 e. The molecule has 0 N–H and O–H groups in total. The van der Waals surface area contributed by atoms with Gasteiger partial charge < -0.3 is 14.7 Å². The molecule has 1 aromatic heterocycles. The Bertz CT molecular complexity index is 891. The van der Waals surface area contributed by atoms with Gasteiger partial charge in [0, 0.05) is 46.1 Å². The Hall–Kier alpha value is -2.96. The highest BCUT2D eigenvalue weighted by atomic mass is 16.2. The average molecular weight is 393 g/mol. The maximum absolute atomic E-state index is 13.7. The van der Waals surface area contributed by atoms with Crippen molar-refractivity contribution < 1.29 is 9.59 Å². The zero-order valence-corrected chi connectivity index (χ0v) is 17.0. The van der Waals surface area contributed by atoms with Crippen LogP contribution < -0.4 is 4.90 Å². The lowest BCUT2D eigenvalue weighted by Crippen LogP contribution is -2.52. The zero-order valence-electron chi connectivity index (χ0n) is 17.0. The van der Waals surface area contributed by atoms with Gasteiger partial charge in [0.25, 0.3) is 0 Å². The third-order valence-electron chi connectivity index (χ3n) is 6.13. The Morgan fingerprint density at radius 3 is 2.38 bits per heavy atom. The lowest BCUT2D eigenvalue weighted by molar-refractivity contribution is -0.148. The number of benzene rings is 1. The average Bonchev–Trinajstić information content (AvgIpc) is 2.85. The summed E-state index contributed by atoms with van der Waals surface area (Å²) < 4.78 is 0. The van der Waals surface area contributed by atoms with E-state index in [0.717, 1.165) is 37.9 Å². The minimum absolute atomic E-state index is 0.0528. The van der Waals surface area contributed by atoms with Gasteiger partial charge in [-0.25, -0.2) is 9.97 Å². The highest BCUT2D eigenvalue weighted by molar-refractivity contribution is 5.89. The van der Waals surface area contributed by atoms with Crippen LogP contribution in [0.4, 0.5) is 5.95 Å². The number of fused-ring (bicyclic) bond motifs is 1. The van der Waals surface area contributed by atoms with Crippen LogP contribution in [0.3, 0.4) is 0 Å². The number of hydrogen-bond acceptors (Lipinski definition) is 5. The summed E-state index contributed by atoms with van der Waals surface area (Å²) in [7, 11) is 3.46. The molecule has 1 spiro atoms. The molecular formula is C22H27N5O2. The number of carbonyl (C=O) groups is 2. The molecule has 0 unspecified atom stereocenters. The Morgan fingerprint density at radius 2 is 1.72 bits per heavy atom. The first-order valence-corrected chi connectivity index (χ1v) is 10.1. The van der Waals surface area contributed by atoms with Crippen molar-refractivity contribution in [1.82, 2.24) is 19.8 Å². The Kier molecular flexibility index (Phi) is 5.22. The van der Waals surface area contributed by atoms with Gasteiger partial charge in [-0.3, -0.25) is 9.59 Å².